The number of benzene rings is 2. The van der Waals surface area contributed by atoms with Crippen LogP contribution in [0.1, 0.15) is 23.6 Å². The zero-order valence-corrected chi connectivity index (χ0v) is 20.7. The summed E-state index contributed by atoms with van der Waals surface area (Å²) in [6, 6.07) is 8.96. The first-order valence-electron chi connectivity index (χ1n) is 10.6. The van der Waals surface area contributed by atoms with E-state index in [1.165, 1.54) is 14.2 Å². The maximum absolute atomic E-state index is 13.7. The van der Waals surface area contributed by atoms with Crippen molar-refractivity contribution in [2.75, 3.05) is 19.1 Å². The number of rotatable bonds is 7. The second-order valence-corrected chi connectivity index (χ2v) is 9.36. The number of aryl methyl sites for hydroxylation is 1. The summed E-state index contributed by atoms with van der Waals surface area (Å²) in [7, 11) is 2.88. The van der Waals surface area contributed by atoms with Crippen molar-refractivity contribution in [3.05, 3.63) is 52.0 Å². The second kappa shape index (κ2) is 8.97. The van der Waals surface area contributed by atoms with Gasteiger partial charge in [-0.15, -0.1) is 0 Å². The first-order chi connectivity index (χ1) is 16.6. The number of hydrogen-bond acceptors (Lipinski definition) is 7. The van der Waals surface area contributed by atoms with Crippen LogP contribution >= 0.6 is 15.9 Å². The molecule has 2 aliphatic heterocycles. The van der Waals surface area contributed by atoms with Crippen molar-refractivity contribution >= 4 is 45.4 Å². The molecule has 0 spiro atoms. The van der Waals surface area contributed by atoms with Crippen LogP contribution in [0.15, 0.2) is 40.9 Å². The van der Waals surface area contributed by atoms with Crippen LogP contribution in [-0.2, 0) is 19.2 Å². The number of fused-ring (bicyclic) bond motifs is 1. The number of nitrogens with one attached hydrogen (secondary N) is 1. The van der Waals surface area contributed by atoms with Gasteiger partial charge in [-0.05, 0) is 52.2 Å². The van der Waals surface area contributed by atoms with Crippen molar-refractivity contribution in [3.63, 3.8) is 0 Å². The first kappa shape index (κ1) is 24.7. The number of carbonyl (C=O) groups is 4. The molecule has 2 amide bonds. The number of imide groups is 1. The molecule has 0 radical (unpaired) electrons. The highest BCUT2D eigenvalue weighted by molar-refractivity contribution is 9.10. The van der Waals surface area contributed by atoms with Crippen LogP contribution < -0.4 is 19.7 Å². The van der Waals surface area contributed by atoms with Crippen LogP contribution in [0.3, 0.4) is 0 Å². The van der Waals surface area contributed by atoms with Gasteiger partial charge in [0.15, 0.2) is 11.5 Å². The van der Waals surface area contributed by atoms with Gasteiger partial charge in [0, 0.05) is 6.04 Å². The smallest absolute Gasteiger partial charge is 0.325 e. The number of ether oxygens (including phenoxy) is 2. The van der Waals surface area contributed by atoms with Gasteiger partial charge in [0.2, 0.25) is 11.8 Å². The minimum absolute atomic E-state index is 0.314. The van der Waals surface area contributed by atoms with Crippen molar-refractivity contribution in [2.24, 2.45) is 11.8 Å². The third kappa shape index (κ3) is 3.75. The third-order valence-corrected chi connectivity index (χ3v) is 7.23. The van der Waals surface area contributed by atoms with Gasteiger partial charge in [0.1, 0.15) is 5.54 Å². The summed E-state index contributed by atoms with van der Waals surface area (Å²) < 4.78 is 11.2. The Morgan fingerprint density at radius 1 is 1.11 bits per heavy atom. The molecule has 2 saturated heterocycles. The fraction of sp³-hybridized carbons (Fsp3) is 0.333. The Kier molecular flexibility index (Phi) is 6.32. The SMILES string of the molecule is COc1cc(C2NC(CC(=O)O)(C(=O)O)C3C(=O)N(c4ccccc4C)C(=O)C23)cc(Br)c1OC. The van der Waals surface area contributed by atoms with Crippen LogP contribution in [0.2, 0.25) is 0 Å². The minimum atomic E-state index is -2.20. The molecule has 4 atom stereocenters. The fourth-order valence-electron chi connectivity index (χ4n) is 5.13. The van der Waals surface area contributed by atoms with E-state index < -0.39 is 53.6 Å². The molecule has 0 aliphatic carbocycles. The van der Waals surface area contributed by atoms with Gasteiger partial charge < -0.3 is 19.7 Å². The Balaban J connectivity index is 1.92. The first-order valence-corrected chi connectivity index (χ1v) is 11.4. The Hall–Kier alpha value is -3.44. The number of carboxylic acids is 2. The molecule has 2 heterocycles. The molecule has 4 unspecified atom stereocenters. The second-order valence-electron chi connectivity index (χ2n) is 8.51. The largest absolute Gasteiger partial charge is 0.493 e. The lowest BCUT2D eigenvalue weighted by Gasteiger charge is -2.30. The number of para-hydroxylation sites is 1. The summed E-state index contributed by atoms with van der Waals surface area (Å²) in [5, 5.41) is 22.6. The standard InChI is InChI=1S/C24H23BrN2O8/c1-11-6-4-5-7-14(11)27-21(30)17-18(22(27)31)24(23(32)33,10-16(28)29)26-19(17)12-8-13(25)20(35-3)15(9-12)34-2/h4-9,17-19,26H,10H2,1-3H3,(H,28,29)(H,32,33). The molecule has 0 saturated carbocycles. The van der Waals surface area contributed by atoms with Crippen LogP contribution in [-0.4, -0.2) is 53.7 Å². The quantitative estimate of drug-likeness (QED) is 0.446. The Bertz CT molecular complexity index is 1250. The maximum atomic E-state index is 13.7. The molecule has 2 aromatic rings. The normalized spacial score (nSPS) is 25.5. The van der Waals surface area contributed by atoms with Crippen LogP contribution in [0, 0.1) is 18.8 Å². The molecule has 35 heavy (non-hydrogen) atoms. The molecule has 11 heteroatoms. The molecular weight excluding hydrogens is 524 g/mol. The minimum Gasteiger partial charge on any atom is -0.493 e. The van der Waals surface area contributed by atoms with E-state index in [0.29, 0.717) is 32.8 Å². The molecule has 3 N–H and O–H groups in total. The molecule has 2 fully saturated rings. The number of carbonyl (C=O) groups excluding carboxylic acids is 2. The monoisotopic (exact) mass is 546 g/mol. The molecule has 2 aromatic carbocycles. The number of carboxylic acid groups (broad SMARTS) is 2. The van der Waals surface area contributed by atoms with Gasteiger partial charge >= 0.3 is 11.9 Å². The average molecular weight is 547 g/mol. The molecule has 184 valence electrons. The molecule has 4 rings (SSSR count). The Labute approximate surface area is 208 Å². The number of nitrogens with zero attached hydrogens (tertiary/aromatic N) is 1. The third-order valence-electron chi connectivity index (χ3n) is 6.64. The van der Waals surface area contributed by atoms with Crippen molar-refractivity contribution in [2.45, 2.75) is 24.9 Å². The Morgan fingerprint density at radius 3 is 2.37 bits per heavy atom. The summed E-state index contributed by atoms with van der Waals surface area (Å²) in [5.74, 6) is -6.21. The predicted molar refractivity (Wildman–Crippen MR) is 126 cm³/mol. The van der Waals surface area contributed by atoms with Gasteiger partial charge in [-0.3, -0.25) is 24.5 Å². The zero-order chi connectivity index (χ0) is 25.7. The summed E-state index contributed by atoms with van der Waals surface area (Å²) in [6.07, 6.45) is -0.894. The van der Waals surface area contributed by atoms with E-state index in [1.807, 2.05) is 0 Å². The highest BCUT2D eigenvalue weighted by Crippen LogP contribution is 2.52. The molecule has 2 aliphatic rings. The van der Waals surface area contributed by atoms with Crippen molar-refractivity contribution in [1.82, 2.24) is 5.32 Å². The summed E-state index contributed by atoms with van der Waals surface area (Å²) in [4.78, 5) is 52.7. The van der Waals surface area contributed by atoms with Crippen molar-refractivity contribution in [3.8, 4) is 11.5 Å². The van der Waals surface area contributed by atoms with Gasteiger partial charge in [-0.1, -0.05) is 18.2 Å². The zero-order valence-electron chi connectivity index (χ0n) is 19.1. The van der Waals surface area contributed by atoms with E-state index in [-0.39, 0.29) is 0 Å². The van der Waals surface area contributed by atoms with Crippen LogP contribution in [0.4, 0.5) is 5.69 Å². The number of methoxy groups -OCH3 is 2. The van der Waals surface area contributed by atoms with Crippen LogP contribution in [0.5, 0.6) is 11.5 Å². The Morgan fingerprint density at radius 2 is 1.80 bits per heavy atom. The number of aliphatic carboxylic acids is 2. The van der Waals surface area contributed by atoms with E-state index in [4.69, 9.17) is 9.47 Å². The van der Waals surface area contributed by atoms with Gasteiger partial charge in [-0.2, -0.15) is 0 Å². The van der Waals surface area contributed by atoms with E-state index in [0.717, 1.165) is 4.90 Å². The number of hydrogen-bond donors (Lipinski definition) is 3. The van der Waals surface area contributed by atoms with Crippen molar-refractivity contribution in [1.29, 1.82) is 0 Å². The van der Waals surface area contributed by atoms with Gasteiger partial charge in [0.25, 0.3) is 0 Å². The highest BCUT2D eigenvalue weighted by Gasteiger charge is 2.69. The summed E-state index contributed by atoms with van der Waals surface area (Å²) in [5.41, 5.74) is -0.790. The molecule has 0 aromatic heterocycles. The highest BCUT2D eigenvalue weighted by atomic mass is 79.9. The number of anilines is 1. The molecule has 0 bridgehead atoms. The van der Waals surface area contributed by atoms with E-state index in [1.54, 1.807) is 43.3 Å². The lowest BCUT2D eigenvalue weighted by atomic mass is 9.77. The molecule has 10 nitrogen and oxygen atoms in total. The maximum Gasteiger partial charge on any atom is 0.325 e. The average Bonchev–Trinajstić information content (AvgIpc) is 3.27. The summed E-state index contributed by atoms with van der Waals surface area (Å²) >= 11 is 3.40. The van der Waals surface area contributed by atoms with Gasteiger partial charge in [0.05, 0.1) is 42.6 Å². The number of halogens is 1. The lowest BCUT2D eigenvalue weighted by molar-refractivity contribution is -0.154. The van der Waals surface area contributed by atoms with E-state index >= 15 is 0 Å². The summed E-state index contributed by atoms with van der Waals surface area (Å²) in [6.45, 7) is 1.73. The van der Waals surface area contributed by atoms with Crippen molar-refractivity contribution < 1.29 is 38.9 Å². The predicted octanol–water partition coefficient (Wildman–Crippen LogP) is 2.52. The van der Waals surface area contributed by atoms with E-state index in [2.05, 4.69) is 21.2 Å². The molecular formula is C24H23BrN2O8. The van der Waals surface area contributed by atoms with Gasteiger partial charge in [-0.25, -0.2) is 4.90 Å². The fourth-order valence-corrected chi connectivity index (χ4v) is 5.75. The van der Waals surface area contributed by atoms with E-state index in [9.17, 15) is 29.4 Å². The van der Waals surface area contributed by atoms with Crippen LogP contribution in [0.25, 0.3) is 0 Å². The lowest BCUT2D eigenvalue weighted by Crippen LogP contribution is -2.57. The topological polar surface area (TPSA) is 142 Å². The number of amides is 2.